The molecule has 2 heterocycles. The Kier molecular flexibility index (Phi) is 4.26. The maximum Gasteiger partial charge on any atom is 0.275 e. The Labute approximate surface area is 137 Å². The Morgan fingerprint density at radius 1 is 1.52 bits per heavy atom. The Hall–Kier alpha value is -2.45. The summed E-state index contributed by atoms with van der Waals surface area (Å²) in [6, 6.07) is 5.17. The van der Waals surface area contributed by atoms with Gasteiger partial charge in [0, 0.05) is 24.5 Å². The van der Waals surface area contributed by atoms with E-state index in [1.807, 2.05) is 0 Å². The third-order valence-electron chi connectivity index (χ3n) is 3.45. The zero-order valence-electron chi connectivity index (χ0n) is 12.5. The quantitative estimate of drug-likeness (QED) is 0.878. The first-order chi connectivity index (χ1) is 11.1. The summed E-state index contributed by atoms with van der Waals surface area (Å²) >= 11 is 1.41. The summed E-state index contributed by atoms with van der Waals surface area (Å²) in [5.41, 5.74) is 7.04. The van der Waals surface area contributed by atoms with Crippen LogP contribution in [0.5, 0.6) is 5.75 Å². The molecule has 7 nitrogen and oxygen atoms in total. The van der Waals surface area contributed by atoms with Crippen molar-refractivity contribution >= 4 is 34.5 Å². The molecule has 0 radical (unpaired) electrons. The van der Waals surface area contributed by atoms with Gasteiger partial charge in [0.25, 0.3) is 11.8 Å². The second-order valence-corrected chi connectivity index (χ2v) is 5.99. The van der Waals surface area contributed by atoms with Crippen molar-refractivity contribution < 1.29 is 14.3 Å². The highest BCUT2D eigenvalue weighted by molar-refractivity contribution is 7.09. The van der Waals surface area contributed by atoms with E-state index < -0.39 is 0 Å². The Morgan fingerprint density at radius 2 is 2.35 bits per heavy atom. The minimum Gasteiger partial charge on any atom is -0.482 e. The molecule has 1 aromatic heterocycles. The molecule has 1 aliphatic heterocycles. The average Bonchev–Trinajstić information content (AvgIpc) is 3.01. The van der Waals surface area contributed by atoms with Crippen molar-refractivity contribution in [3.63, 3.8) is 0 Å². The van der Waals surface area contributed by atoms with Crippen LogP contribution in [0.2, 0.25) is 0 Å². The van der Waals surface area contributed by atoms with Gasteiger partial charge in [-0.15, -0.1) is 11.3 Å². The lowest BCUT2D eigenvalue weighted by Crippen LogP contribution is -2.35. The number of hydrogen-bond donors (Lipinski definition) is 2. The summed E-state index contributed by atoms with van der Waals surface area (Å²) in [6.07, 6.45) is 0.654. The molecule has 0 fully saturated rings. The van der Waals surface area contributed by atoms with E-state index in [2.05, 4.69) is 10.3 Å². The maximum absolute atomic E-state index is 12.2. The van der Waals surface area contributed by atoms with E-state index in [4.69, 9.17) is 10.5 Å². The Bertz CT molecular complexity index is 759. The van der Waals surface area contributed by atoms with Gasteiger partial charge in [0.05, 0.1) is 10.7 Å². The predicted molar refractivity (Wildman–Crippen MR) is 88.2 cm³/mol. The van der Waals surface area contributed by atoms with Gasteiger partial charge < -0.3 is 20.7 Å². The summed E-state index contributed by atoms with van der Waals surface area (Å²) < 4.78 is 5.35. The van der Waals surface area contributed by atoms with E-state index in [1.54, 1.807) is 30.6 Å². The van der Waals surface area contributed by atoms with Crippen molar-refractivity contribution in [2.24, 2.45) is 5.73 Å². The zero-order chi connectivity index (χ0) is 16.4. The minimum absolute atomic E-state index is 0.0257. The summed E-state index contributed by atoms with van der Waals surface area (Å²) in [4.78, 5) is 29.7. The van der Waals surface area contributed by atoms with E-state index in [9.17, 15) is 9.59 Å². The van der Waals surface area contributed by atoms with Gasteiger partial charge in [0.15, 0.2) is 6.61 Å². The maximum atomic E-state index is 12.2. The third kappa shape index (κ3) is 3.17. The van der Waals surface area contributed by atoms with Crippen molar-refractivity contribution in [1.82, 2.24) is 4.98 Å². The number of nitrogens with zero attached hydrogens (tertiary/aromatic N) is 2. The largest absolute Gasteiger partial charge is 0.482 e. The molecule has 1 aromatic carbocycles. The molecule has 1 aliphatic rings. The SMILES string of the molecule is CN1C(=O)COc2ccc(NC(=O)c3csc(CCN)n3)cc21. The van der Waals surface area contributed by atoms with Gasteiger partial charge in [-0.1, -0.05) is 0 Å². The van der Waals surface area contributed by atoms with Crippen LogP contribution < -0.4 is 20.7 Å². The number of benzene rings is 1. The van der Waals surface area contributed by atoms with Crippen molar-refractivity contribution in [3.8, 4) is 5.75 Å². The molecule has 3 N–H and O–H groups in total. The number of nitrogens with one attached hydrogen (secondary N) is 1. The van der Waals surface area contributed by atoms with Gasteiger partial charge in [-0.05, 0) is 24.7 Å². The van der Waals surface area contributed by atoms with Gasteiger partial charge in [-0.3, -0.25) is 9.59 Å². The van der Waals surface area contributed by atoms with Crippen LogP contribution in [-0.2, 0) is 11.2 Å². The van der Waals surface area contributed by atoms with Crippen molar-refractivity contribution in [1.29, 1.82) is 0 Å². The summed E-state index contributed by atoms with van der Waals surface area (Å²) in [7, 11) is 1.68. The highest BCUT2D eigenvalue weighted by Crippen LogP contribution is 2.33. The number of likely N-dealkylation sites (N-methyl/N-ethyl adjacent to an activating group) is 1. The van der Waals surface area contributed by atoms with Gasteiger partial charge >= 0.3 is 0 Å². The summed E-state index contributed by atoms with van der Waals surface area (Å²) in [5, 5.41) is 5.32. The average molecular weight is 332 g/mol. The standard InChI is InChI=1S/C15H16N4O3S/c1-19-11-6-9(2-3-12(11)22-7-14(19)20)17-15(21)10-8-23-13(18-10)4-5-16/h2-3,6,8H,4-5,7,16H2,1H3,(H,17,21). The third-order valence-corrected chi connectivity index (χ3v) is 4.35. The Balaban J connectivity index is 1.77. The number of carbonyl (C=O) groups excluding carboxylic acids is 2. The molecule has 3 rings (SSSR count). The van der Waals surface area contributed by atoms with E-state index in [0.29, 0.717) is 35.8 Å². The highest BCUT2D eigenvalue weighted by Gasteiger charge is 2.22. The number of aromatic nitrogens is 1. The monoisotopic (exact) mass is 332 g/mol. The van der Waals surface area contributed by atoms with Crippen molar-refractivity contribution in [2.75, 3.05) is 30.4 Å². The van der Waals surface area contributed by atoms with E-state index >= 15 is 0 Å². The van der Waals surface area contributed by atoms with Crippen LogP contribution in [-0.4, -0.2) is 37.0 Å². The van der Waals surface area contributed by atoms with Crippen LogP contribution in [0.3, 0.4) is 0 Å². The molecule has 0 saturated carbocycles. The van der Waals surface area contributed by atoms with E-state index in [1.165, 1.54) is 16.2 Å². The van der Waals surface area contributed by atoms with Gasteiger partial charge in [-0.25, -0.2) is 4.98 Å². The number of rotatable bonds is 4. The fourth-order valence-corrected chi connectivity index (χ4v) is 2.99. The molecular weight excluding hydrogens is 316 g/mol. The van der Waals surface area contributed by atoms with Crippen molar-refractivity contribution in [3.05, 3.63) is 34.3 Å². The van der Waals surface area contributed by atoms with Crippen LogP contribution in [0.1, 0.15) is 15.5 Å². The lowest BCUT2D eigenvalue weighted by molar-refractivity contribution is -0.120. The molecule has 2 aromatic rings. The fourth-order valence-electron chi connectivity index (χ4n) is 2.20. The summed E-state index contributed by atoms with van der Waals surface area (Å²) in [5.74, 6) is 0.186. The van der Waals surface area contributed by atoms with Crippen molar-refractivity contribution in [2.45, 2.75) is 6.42 Å². The Morgan fingerprint density at radius 3 is 3.13 bits per heavy atom. The number of carbonyl (C=O) groups is 2. The number of thiazole rings is 1. The first kappa shape index (κ1) is 15.4. The van der Waals surface area contributed by atoms with Crippen LogP contribution in [0, 0.1) is 0 Å². The molecule has 0 spiro atoms. The van der Waals surface area contributed by atoms with Crippen LogP contribution in [0.25, 0.3) is 0 Å². The number of fused-ring (bicyclic) bond motifs is 1. The second kappa shape index (κ2) is 6.35. The zero-order valence-corrected chi connectivity index (χ0v) is 13.4. The lowest BCUT2D eigenvalue weighted by Gasteiger charge is -2.26. The highest BCUT2D eigenvalue weighted by atomic mass is 32.1. The molecule has 8 heteroatoms. The van der Waals surface area contributed by atoms with E-state index in [-0.39, 0.29) is 18.4 Å². The molecule has 23 heavy (non-hydrogen) atoms. The molecule has 2 amide bonds. The molecule has 120 valence electrons. The number of hydrogen-bond acceptors (Lipinski definition) is 6. The van der Waals surface area contributed by atoms with Crippen LogP contribution in [0.4, 0.5) is 11.4 Å². The number of nitrogens with two attached hydrogens (primary N) is 1. The molecular formula is C15H16N4O3S. The van der Waals surface area contributed by atoms with Crippen LogP contribution in [0.15, 0.2) is 23.6 Å². The summed E-state index contributed by atoms with van der Waals surface area (Å²) in [6.45, 7) is 0.526. The van der Waals surface area contributed by atoms with E-state index in [0.717, 1.165) is 5.01 Å². The molecule has 0 unspecified atom stereocenters. The van der Waals surface area contributed by atoms with Gasteiger partial charge in [0.2, 0.25) is 0 Å². The topological polar surface area (TPSA) is 97.5 Å². The lowest BCUT2D eigenvalue weighted by atomic mass is 10.2. The molecule has 0 saturated heterocycles. The number of ether oxygens (including phenoxy) is 1. The molecule has 0 bridgehead atoms. The first-order valence-corrected chi connectivity index (χ1v) is 7.95. The predicted octanol–water partition coefficient (Wildman–Crippen LogP) is 1.25. The van der Waals surface area contributed by atoms with Gasteiger partial charge in [0.1, 0.15) is 11.4 Å². The number of amides is 2. The normalized spacial score (nSPS) is 13.5. The smallest absolute Gasteiger partial charge is 0.275 e. The number of anilines is 2. The fraction of sp³-hybridized carbons (Fsp3) is 0.267. The second-order valence-electron chi connectivity index (χ2n) is 5.04. The van der Waals surface area contributed by atoms with Crippen LogP contribution >= 0.6 is 11.3 Å². The molecule has 0 aliphatic carbocycles. The first-order valence-electron chi connectivity index (χ1n) is 7.07. The minimum atomic E-state index is -0.296. The molecule has 0 atom stereocenters. The van der Waals surface area contributed by atoms with Gasteiger partial charge in [-0.2, -0.15) is 0 Å².